The van der Waals surface area contributed by atoms with E-state index < -0.39 is 0 Å². The zero-order valence-electron chi connectivity index (χ0n) is 6.25. The first-order valence-corrected chi connectivity index (χ1v) is 3.83. The second-order valence-corrected chi connectivity index (χ2v) is 3.09. The van der Waals surface area contributed by atoms with E-state index in [4.69, 9.17) is 0 Å². The number of aromatic nitrogens is 2. The Bertz CT molecular complexity index is 223. The molecule has 0 bridgehead atoms. The quantitative estimate of drug-likeness (QED) is 0.600. The molecule has 0 N–H and O–H groups in total. The third-order valence-corrected chi connectivity index (χ3v) is 2.12. The highest BCUT2D eigenvalue weighted by molar-refractivity contribution is 5.02. The lowest BCUT2D eigenvalue weighted by atomic mass is 10.2. The summed E-state index contributed by atoms with van der Waals surface area (Å²) in [5.74, 6) is 0.968. The highest BCUT2D eigenvalue weighted by atomic mass is 15.2. The highest BCUT2D eigenvalue weighted by Gasteiger charge is 2.22. The predicted molar refractivity (Wildman–Crippen MR) is 39.6 cm³/mol. The molecule has 0 amide bonds. The van der Waals surface area contributed by atoms with Crippen LogP contribution >= 0.6 is 0 Å². The summed E-state index contributed by atoms with van der Waals surface area (Å²) in [7, 11) is 2.01. The maximum absolute atomic E-state index is 4.11. The molecular weight excluding hydrogens is 124 g/mol. The standard InChI is InChI=1S/C8H12N2/c1-10-8(4-5-9-10)6-7-2-3-7/h4-5,7H,2-3,6H2,1H3. The van der Waals surface area contributed by atoms with E-state index >= 15 is 0 Å². The van der Waals surface area contributed by atoms with Gasteiger partial charge in [0.05, 0.1) is 0 Å². The molecule has 1 aromatic heterocycles. The molecule has 0 atom stereocenters. The van der Waals surface area contributed by atoms with E-state index in [1.807, 2.05) is 17.9 Å². The van der Waals surface area contributed by atoms with Crippen molar-refractivity contribution >= 4 is 0 Å². The number of nitrogens with zero attached hydrogens (tertiary/aromatic N) is 2. The van der Waals surface area contributed by atoms with Gasteiger partial charge in [-0.1, -0.05) is 0 Å². The summed E-state index contributed by atoms with van der Waals surface area (Å²) in [5.41, 5.74) is 1.38. The van der Waals surface area contributed by atoms with Gasteiger partial charge < -0.3 is 0 Å². The van der Waals surface area contributed by atoms with E-state index in [0.29, 0.717) is 0 Å². The largest absolute Gasteiger partial charge is 0.273 e. The van der Waals surface area contributed by atoms with Crippen molar-refractivity contribution in [3.63, 3.8) is 0 Å². The van der Waals surface area contributed by atoms with Crippen molar-refractivity contribution in [1.82, 2.24) is 9.78 Å². The molecule has 2 nitrogen and oxygen atoms in total. The second-order valence-electron chi connectivity index (χ2n) is 3.09. The summed E-state index contributed by atoms with van der Waals surface area (Å²) in [6.45, 7) is 0. The lowest BCUT2D eigenvalue weighted by Crippen LogP contribution is -1.98. The van der Waals surface area contributed by atoms with Gasteiger partial charge in [-0.3, -0.25) is 4.68 Å². The minimum absolute atomic E-state index is 0.968. The van der Waals surface area contributed by atoms with Crippen LogP contribution in [0.3, 0.4) is 0 Å². The van der Waals surface area contributed by atoms with Crippen LogP contribution in [0.1, 0.15) is 18.5 Å². The maximum atomic E-state index is 4.11. The summed E-state index contributed by atoms with van der Waals surface area (Å²) in [6, 6.07) is 2.11. The van der Waals surface area contributed by atoms with Crippen LogP contribution < -0.4 is 0 Å². The first-order valence-electron chi connectivity index (χ1n) is 3.83. The SMILES string of the molecule is Cn1nccc1CC1CC1. The minimum Gasteiger partial charge on any atom is -0.273 e. The molecule has 1 aliphatic carbocycles. The van der Waals surface area contributed by atoms with Crippen LogP contribution in [0.25, 0.3) is 0 Å². The second kappa shape index (κ2) is 2.11. The van der Waals surface area contributed by atoms with Crippen molar-refractivity contribution in [3.05, 3.63) is 18.0 Å². The number of rotatable bonds is 2. The summed E-state index contributed by atoms with van der Waals surface area (Å²) >= 11 is 0. The Kier molecular flexibility index (Phi) is 1.26. The number of hydrogen-bond donors (Lipinski definition) is 0. The molecule has 1 aromatic rings. The normalized spacial score (nSPS) is 17.7. The molecule has 1 aliphatic rings. The smallest absolute Gasteiger partial charge is 0.0492 e. The van der Waals surface area contributed by atoms with E-state index in [9.17, 15) is 0 Å². The van der Waals surface area contributed by atoms with Crippen LogP contribution in [0, 0.1) is 5.92 Å². The summed E-state index contributed by atoms with van der Waals surface area (Å²) in [4.78, 5) is 0. The third kappa shape index (κ3) is 1.06. The average Bonchev–Trinajstić information content (AvgIpc) is 2.62. The fraction of sp³-hybridized carbons (Fsp3) is 0.625. The minimum atomic E-state index is 0.968. The van der Waals surface area contributed by atoms with Gasteiger partial charge in [-0.2, -0.15) is 5.10 Å². The summed E-state index contributed by atoms with van der Waals surface area (Å²) < 4.78 is 1.97. The Labute approximate surface area is 60.9 Å². The molecule has 1 saturated carbocycles. The Balaban J connectivity index is 2.08. The lowest BCUT2D eigenvalue weighted by Gasteiger charge is -1.97. The van der Waals surface area contributed by atoms with E-state index in [1.165, 1.54) is 25.0 Å². The maximum Gasteiger partial charge on any atom is 0.0492 e. The summed E-state index contributed by atoms with van der Waals surface area (Å²) in [5, 5.41) is 4.11. The lowest BCUT2D eigenvalue weighted by molar-refractivity contribution is 0.677. The van der Waals surface area contributed by atoms with Crippen molar-refractivity contribution in [1.29, 1.82) is 0 Å². The zero-order valence-corrected chi connectivity index (χ0v) is 6.25. The van der Waals surface area contributed by atoms with Gasteiger partial charge in [-0.15, -0.1) is 0 Å². The van der Waals surface area contributed by atoms with Crippen molar-refractivity contribution in [2.75, 3.05) is 0 Å². The monoisotopic (exact) mass is 136 g/mol. The average molecular weight is 136 g/mol. The predicted octanol–water partition coefficient (Wildman–Crippen LogP) is 1.37. The molecule has 1 fully saturated rings. The highest BCUT2D eigenvalue weighted by Crippen LogP contribution is 2.32. The topological polar surface area (TPSA) is 17.8 Å². The molecule has 10 heavy (non-hydrogen) atoms. The molecule has 54 valence electrons. The fourth-order valence-corrected chi connectivity index (χ4v) is 1.22. The van der Waals surface area contributed by atoms with Crippen LogP contribution in [-0.4, -0.2) is 9.78 Å². The molecule has 0 aliphatic heterocycles. The fourth-order valence-electron chi connectivity index (χ4n) is 1.22. The van der Waals surface area contributed by atoms with Gasteiger partial charge in [0.2, 0.25) is 0 Å². The molecular formula is C8H12N2. The Morgan fingerprint density at radius 3 is 3.00 bits per heavy atom. The van der Waals surface area contributed by atoms with Gasteiger partial charge >= 0.3 is 0 Å². The first kappa shape index (κ1) is 5.96. The zero-order chi connectivity index (χ0) is 6.97. The van der Waals surface area contributed by atoms with Gasteiger partial charge in [0.1, 0.15) is 0 Å². The number of hydrogen-bond acceptors (Lipinski definition) is 1. The van der Waals surface area contributed by atoms with Gasteiger partial charge in [0.25, 0.3) is 0 Å². The molecule has 2 heteroatoms. The first-order chi connectivity index (χ1) is 4.86. The summed E-state index contributed by atoms with van der Waals surface area (Å²) in [6.07, 6.45) is 5.95. The van der Waals surface area contributed by atoms with E-state index in [0.717, 1.165) is 5.92 Å². The molecule has 0 aromatic carbocycles. The van der Waals surface area contributed by atoms with Crippen LogP contribution in [0.4, 0.5) is 0 Å². The van der Waals surface area contributed by atoms with Crippen LogP contribution in [0.2, 0.25) is 0 Å². The number of aryl methyl sites for hydroxylation is 1. The molecule has 0 radical (unpaired) electrons. The van der Waals surface area contributed by atoms with Crippen molar-refractivity contribution in [2.45, 2.75) is 19.3 Å². The van der Waals surface area contributed by atoms with Crippen molar-refractivity contribution in [3.8, 4) is 0 Å². The van der Waals surface area contributed by atoms with Crippen molar-refractivity contribution in [2.24, 2.45) is 13.0 Å². The Morgan fingerprint density at radius 1 is 1.70 bits per heavy atom. The van der Waals surface area contributed by atoms with Crippen LogP contribution in [0.15, 0.2) is 12.3 Å². The van der Waals surface area contributed by atoms with E-state index in [1.54, 1.807) is 0 Å². The Hall–Kier alpha value is -0.790. The molecule has 0 saturated heterocycles. The van der Waals surface area contributed by atoms with Crippen LogP contribution in [-0.2, 0) is 13.5 Å². The molecule has 2 rings (SSSR count). The van der Waals surface area contributed by atoms with E-state index in [-0.39, 0.29) is 0 Å². The van der Waals surface area contributed by atoms with Gasteiger partial charge in [-0.05, 0) is 31.2 Å². The van der Waals surface area contributed by atoms with Crippen LogP contribution in [0.5, 0.6) is 0 Å². The molecule has 1 heterocycles. The van der Waals surface area contributed by atoms with Gasteiger partial charge in [0, 0.05) is 18.9 Å². The van der Waals surface area contributed by atoms with E-state index in [2.05, 4.69) is 11.2 Å². The van der Waals surface area contributed by atoms with Gasteiger partial charge in [0.15, 0.2) is 0 Å². The van der Waals surface area contributed by atoms with Crippen molar-refractivity contribution < 1.29 is 0 Å². The molecule has 0 spiro atoms. The Morgan fingerprint density at radius 2 is 2.50 bits per heavy atom. The van der Waals surface area contributed by atoms with Gasteiger partial charge in [-0.25, -0.2) is 0 Å². The molecule has 0 unspecified atom stereocenters. The third-order valence-electron chi connectivity index (χ3n) is 2.12.